The normalized spacial score (nSPS) is 24.2. The summed E-state index contributed by atoms with van der Waals surface area (Å²) in [4.78, 5) is 2.63. The van der Waals surface area contributed by atoms with E-state index >= 15 is 0 Å². The molecule has 0 saturated carbocycles. The molecule has 12 heavy (non-hydrogen) atoms. The van der Waals surface area contributed by atoms with E-state index in [4.69, 9.17) is 0 Å². The van der Waals surface area contributed by atoms with Crippen molar-refractivity contribution in [1.29, 1.82) is 0 Å². The Kier molecular flexibility index (Phi) is 4.30. The summed E-state index contributed by atoms with van der Waals surface area (Å²) in [5, 5.41) is 0. The molecule has 1 nitrogen and oxygen atoms in total. The van der Waals surface area contributed by atoms with Crippen LogP contribution in [-0.4, -0.2) is 29.0 Å². The average molecular weight is 281 g/mol. The van der Waals surface area contributed by atoms with Crippen molar-refractivity contribution in [3.63, 3.8) is 0 Å². The minimum atomic E-state index is 0.573. The van der Waals surface area contributed by atoms with Gasteiger partial charge in [-0.3, -0.25) is 0 Å². The SMILES string of the molecule is CC1(C)CCCN(CCCI)C1. The van der Waals surface area contributed by atoms with Crippen molar-refractivity contribution in [3.05, 3.63) is 0 Å². The first kappa shape index (κ1) is 10.8. The lowest BCUT2D eigenvalue weighted by molar-refractivity contribution is 0.118. The predicted octanol–water partition coefficient (Wildman–Crippen LogP) is 2.93. The number of halogens is 1. The lowest BCUT2D eigenvalue weighted by atomic mass is 9.84. The number of alkyl halides is 1. The quantitative estimate of drug-likeness (QED) is 0.568. The minimum absolute atomic E-state index is 0.573. The maximum Gasteiger partial charge on any atom is 0.00327 e. The second-order valence-corrected chi connectivity index (χ2v) is 5.67. The van der Waals surface area contributed by atoms with Gasteiger partial charge in [-0.2, -0.15) is 0 Å². The molecule has 0 spiro atoms. The standard InChI is InChI=1S/C10H20IN/c1-10(2)5-3-7-12(9-10)8-4-6-11/h3-9H2,1-2H3. The summed E-state index contributed by atoms with van der Waals surface area (Å²) < 4.78 is 1.30. The largest absolute Gasteiger partial charge is 0.303 e. The third kappa shape index (κ3) is 3.60. The molecule has 72 valence electrons. The van der Waals surface area contributed by atoms with E-state index < -0.39 is 0 Å². The van der Waals surface area contributed by atoms with E-state index in [1.54, 1.807) is 0 Å². The van der Waals surface area contributed by atoms with Crippen LogP contribution in [0.15, 0.2) is 0 Å². The van der Waals surface area contributed by atoms with Gasteiger partial charge in [0.15, 0.2) is 0 Å². The maximum absolute atomic E-state index is 2.63. The molecule has 2 heteroatoms. The molecular weight excluding hydrogens is 261 g/mol. The molecule has 1 aliphatic rings. The minimum Gasteiger partial charge on any atom is -0.303 e. The molecule has 0 radical (unpaired) electrons. The van der Waals surface area contributed by atoms with Gasteiger partial charge in [0.2, 0.25) is 0 Å². The van der Waals surface area contributed by atoms with Crippen molar-refractivity contribution in [2.75, 3.05) is 24.1 Å². The maximum atomic E-state index is 2.63. The Balaban J connectivity index is 2.26. The van der Waals surface area contributed by atoms with Crippen molar-refractivity contribution >= 4 is 22.6 Å². The molecule has 0 bridgehead atoms. The van der Waals surface area contributed by atoms with Gasteiger partial charge in [-0.05, 0) is 37.8 Å². The number of nitrogens with zero attached hydrogens (tertiary/aromatic N) is 1. The number of rotatable bonds is 3. The molecule has 0 aromatic carbocycles. The van der Waals surface area contributed by atoms with Crippen LogP contribution in [0.2, 0.25) is 0 Å². The summed E-state index contributed by atoms with van der Waals surface area (Å²) in [5.74, 6) is 0. The predicted molar refractivity (Wildman–Crippen MR) is 63.0 cm³/mol. The van der Waals surface area contributed by atoms with Gasteiger partial charge in [0, 0.05) is 11.0 Å². The molecule has 0 aromatic rings. The summed E-state index contributed by atoms with van der Waals surface area (Å²) in [7, 11) is 0. The van der Waals surface area contributed by atoms with E-state index in [1.165, 1.54) is 43.3 Å². The second kappa shape index (κ2) is 4.80. The second-order valence-electron chi connectivity index (χ2n) is 4.59. The van der Waals surface area contributed by atoms with Crippen molar-refractivity contribution in [2.24, 2.45) is 5.41 Å². The zero-order valence-corrected chi connectivity index (χ0v) is 10.4. The fourth-order valence-corrected chi connectivity index (χ4v) is 2.36. The lowest BCUT2D eigenvalue weighted by Crippen LogP contribution is -2.40. The highest BCUT2D eigenvalue weighted by Gasteiger charge is 2.25. The highest BCUT2D eigenvalue weighted by molar-refractivity contribution is 14.1. The van der Waals surface area contributed by atoms with Crippen molar-refractivity contribution < 1.29 is 0 Å². The number of hydrogen-bond donors (Lipinski definition) is 0. The van der Waals surface area contributed by atoms with Gasteiger partial charge in [0.25, 0.3) is 0 Å². The van der Waals surface area contributed by atoms with E-state index in [1.807, 2.05) is 0 Å². The van der Waals surface area contributed by atoms with Gasteiger partial charge in [-0.1, -0.05) is 36.4 Å². The van der Waals surface area contributed by atoms with E-state index in [0.717, 1.165) is 0 Å². The van der Waals surface area contributed by atoms with Gasteiger partial charge in [0.1, 0.15) is 0 Å². The Morgan fingerprint density at radius 1 is 1.42 bits per heavy atom. The topological polar surface area (TPSA) is 3.24 Å². The third-order valence-corrected chi connectivity index (χ3v) is 3.35. The number of hydrogen-bond acceptors (Lipinski definition) is 1. The molecule has 1 heterocycles. The molecule has 0 amide bonds. The molecule has 0 atom stereocenters. The van der Waals surface area contributed by atoms with E-state index in [2.05, 4.69) is 41.3 Å². The van der Waals surface area contributed by atoms with Crippen molar-refractivity contribution in [1.82, 2.24) is 4.90 Å². The fraction of sp³-hybridized carbons (Fsp3) is 1.00. The van der Waals surface area contributed by atoms with Crippen LogP contribution in [0.4, 0.5) is 0 Å². The monoisotopic (exact) mass is 281 g/mol. The van der Waals surface area contributed by atoms with E-state index in [0.29, 0.717) is 5.41 Å². The highest BCUT2D eigenvalue weighted by atomic mass is 127. The van der Waals surface area contributed by atoms with Crippen LogP contribution in [0.25, 0.3) is 0 Å². The first-order valence-electron chi connectivity index (χ1n) is 4.92. The number of piperidine rings is 1. The van der Waals surface area contributed by atoms with E-state index in [-0.39, 0.29) is 0 Å². The average Bonchev–Trinajstić information content (AvgIpc) is 1.99. The van der Waals surface area contributed by atoms with Crippen LogP contribution in [0.3, 0.4) is 0 Å². The summed E-state index contributed by atoms with van der Waals surface area (Å²) in [6, 6.07) is 0. The molecule has 1 fully saturated rings. The summed E-state index contributed by atoms with van der Waals surface area (Å²) in [6.07, 6.45) is 4.17. The zero-order chi connectivity index (χ0) is 9.03. The first-order chi connectivity index (χ1) is 5.64. The van der Waals surface area contributed by atoms with Gasteiger partial charge in [-0.25, -0.2) is 0 Å². The van der Waals surface area contributed by atoms with Crippen LogP contribution in [0.1, 0.15) is 33.1 Å². The Hall–Kier alpha value is 0.690. The van der Waals surface area contributed by atoms with Crippen LogP contribution >= 0.6 is 22.6 Å². The van der Waals surface area contributed by atoms with Crippen LogP contribution in [-0.2, 0) is 0 Å². The van der Waals surface area contributed by atoms with Crippen molar-refractivity contribution in [3.8, 4) is 0 Å². The molecule has 1 saturated heterocycles. The molecular formula is C10H20IN. The molecule has 0 aliphatic carbocycles. The zero-order valence-electron chi connectivity index (χ0n) is 8.27. The van der Waals surface area contributed by atoms with Crippen LogP contribution in [0, 0.1) is 5.41 Å². The summed E-state index contributed by atoms with van der Waals surface area (Å²) >= 11 is 2.47. The van der Waals surface area contributed by atoms with Crippen LogP contribution < -0.4 is 0 Å². The van der Waals surface area contributed by atoms with Crippen LogP contribution in [0.5, 0.6) is 0 Å². The van der Waals surface area contributed by atoms with Crippen molar-refractivity contribution in [2.45, 2.75) is 33.1 Å². The van der Waals surface area contributed by atoms with Gasteiger partial charge < -0.3 is 4.90 Å². The fourth-order valence-electron chi connectivity index (χ4n) is 2.02. The molecule has 0 aromatic heterocycles. The van der Waals surface area contributed by atoms with Gasteiger partial charge >= 0.3 is 0 Å². The van der Waals surface area contributed by atoms with E-state index in [9.17, 15) is 0 Å². The first-order valence-corrected chi connectivity index (χ1v) is 6.45. The molecule has 0 N–H and O–H groups in total. The molecule has 1 rings (SSSR count). The lowest BCUT2D eigenvalue weighted by Gasteiger charge is -2.38. The Morgan fingerprint density at radius 3 is 2.75 bits per heavy atom. The highest BCUT2D eigenvalue weighted by Crippen LogP contribution is 2.28. The van der Waals surface area contributed by atoms with Gasteiger partial charge in [0.05, 0.1) is 0 Å². The third-order valence-electron chi connectivity index (χ3n) is 2.59. The Bertz CT molecular complexity index is 134. The summed E-state index contributed by atoms with van der Waals surface area (Å²) in [6.45, 7) is 8.74. The van der Waals surface area contributed by atoms with Gasteiger partial charge in [-0.15, -0.1) is 0 Å². The molecule has 0 unspecified atom stereocenters. The summed E-state index contributed by atoms with van der Waals surface area (Å²) in [5.41, 5.74) is 0.573. The Labute approximate surface area is 90.0 Å². The smallest absolute Gasteiger partial charge is 0.00327 e. The Morgan fingerprint density at radius 2 is 2.17 bits per heavy atom. The number of likely N-dealkylation sites (tertiary alicyclic amines) is 1. The molecule has 1 aliphatic heterocycles.